The largest absolute Gasteiger partial charge is 0.344 e. The molecule has 0 radical (unpaired) electrons. The molecule has 2 atom stereocenters. The molecule has 1 saturated heterocycles. The normalized spacial score (nSPS) is 20.6. The van der Waals surface area contributed by atoms with Crippen molar-refractivity contribution in [3.05, 3.63) is 38.9 Å². The average molecular weight is 585 g/mol. The molecule has 1 fully saturated rings. The molecule has 3 amide bonds. The van der Waals surface area contributed by atoms with Crippen molar-refractivity contribution >= 4 is 56.7 Å². The number of anilines is 1. The van der Waals surface area contributed by atoms with Crippen LogP contribution in [0.4, 0.5) is 5.82 Å². The number of rotatable bonds is 6. The van der Waals surface area contributed by atoms with Gasteiger partial charge in [0, 0.05) is 57.8 Å². The molecule has 38 heavy (non-hydrogen) atoms. The van der Waals surface area contributed by atoms with Gasteiger partial charge in [0.15, 0.2) is 5.01 Å². The van der Waals surface area contributed by atoms with Gasteiger partial charge < -0.3 is 20.9 Å². The maximum atomic E-state index is 13.2. The summed E-state index contributed by atoms with van der Waals surface area (Å²) in [4.78, 5) is 49.9. The summed E-state index contributed by atoms with van der Waals surface area (Å²) >= 11 is 7.09. The molecule has 4 heterocycles. The molecule has 0 aliphatic carbocycles. The first-order valence-corrected chi connectivity index (χ1v) is 14.4. The second-order valence-corrected chi connectivity index (χ2v) is 13.0. The van der Waals surface area contributed by atoms with Crippen molar-refractivity contribution in [3.63, 3.8) is 0 Å². The van der Waals surface area contributed by atoms with Crippen LogP contribution in [0.25, 0.3) is 0 Å². The van der Waals surface area contributed by atoms with Crippen LogP contribution in [0.2, 0.25) is 5.02 Å². The van der Waals surface area contributed by atoms with E-state index in [2.05, 4.69) is 30.8 Å². The monoisotopic (exact) mass is 584 g/mol. The van der Waals surface area contributed by atoms with Crippen molar-refractivity contribution in [3.8, 4) is 0 Å². The molecule has 0 unspecified atom stereocenters. The number of carbonyl (C=O) groups is 3. The number of likely N-dealkylation sites (N-methyl/N-ethyl adjacent to an activating group) is 1. The van der Waals surface area contributed by atoms with E-state index in [0.717, 1.165) is 27.8 Å². The Bertz CT molecular complexity index is 1320. The topological polar surface area (TPSA) is 157 Å². The van der Waals surface area contributed by atoms with Crippen LogP contribution >= 0.6 is 22.9 Å². The number of halogens is 1. The van der Waals surface area contributed by atoms with E-state index in [-0.39, 0.29) is 30.3 Å². The van der Waals surface area contributed by atoms with Crippen LogP contribution in [-0.2, 0) is 32.8 Å². The molecule has 16 heteroatoms. The third-order valence-electron chi connectivity index (χ3n) is 6.29. The van der Waals surface area contributed by atoms with Crippen molar-refractivity contribution in [1.29, 1.82) is 0 Å². The van der Waals surface area contributed by atoms with Crippen LogP contribution in [-0.4, -0.2) is 102 Å². The average Bonchev–Trinajstić information content (AvgIpc) is 3.29. The quantitative estimate of drug-likeness (QED) is 0.398. The van der Waals surface area contributed by atoms with Gasteiger partial charge in [0.05, 0.1) is 22.8 Å². The molecule has 4 rings (SSSR count). The van der Waals surface area contributed by atoms with Crippen molar-refractivity contribution < 1.29 is 22.8 Å². The Morgan fingerprint density at radius 1 is 1.13 bits per heavy atom. The smallest absolute Gasteiger partial charge is 0.314 e. The standard InChI is InChI=1S/C22H29ClN8O5S2/c1-29(2)38(35,36)31-9-7-14(25-19(32)20(33)28-18-5-4-13(23)10-24-18)16(11-31)26-21(34)22-27-15-6-8-30(3)12-17(15)37-22/h4-5,10,14,16H,6-9,11-12H2,1-3H3,(H,25,32)(H,26,34)(H,24,28,33)/t14-,16+/m0/s1. The van der Waals surface area contributed by atoms with Gasteiger partial charge in [0.2, 0.25) is 0 Å². The Morgan fingerprint density at radius 2 is 1.89 bits per heavy atom. The Balaban J connectivity index is 1.48. The van der Waals surface area contributed by atoms with Gasteiger partial charge in [-0.1, -0.05) is 11.6 Å². The van der Waals surface area contributed by atoms with Gasteiger partial charge in [-0.2, -0.15) is 17.0 Å². The van der Waals surface area contributed by atoms with E-state index in [1.54, 1.807) is 0 Å². The Labute approximate surface area is 229 Å². The molecule has 0 aromatic carbocycles. The third-order valence-corrected chi connectivity index (χ3v) is 9.50. The molecule has 0 saturated carbocycles. The minimum Gasteiger partial charge on any atom is -0.344 e. The molecule has 206 valence electrons. The SMILES string of the molecule is CN1CCc2nc(C(=O)N[C@@H]3CN(S(=O)(=O)N(C)C)CC[C@@H]3NC(=O)C(=O)Nc3ccc(Cl)cn3)sc2C1. The maximum absolute atomic E-state index is 13.2. The molecule has 2 aliphatic rings. The lowest BCUT2D eigenvalue weighted by atomic mass is 10.0. The van der Waals surface area contributed by atoms with Gasteiger partial charge >= 0.3 is 11.8 Å². The molecule has 0 bridgehead atoms. The summed E-state index contributed by atoms with van der Waals surface area (Å²) < 4.78 is 27.9. The number of amides is 3. The number of nitrogens with zero attached hydrogens (tertiary/aromatic N) is 5. The fourth-order valence-electron chi connectivity index (χ4n) is 4.19. The second kappa shape index (κ2) is 11.6. The van der Waals surface area contributed by atoms with E-state index in [9.17, 15) is 22.8 Å². The number of nitrogens with one attached hydrogen (secondary N) is 3. The van der Waals surface area contributed by atoms with Crippen molar-refractivity contribution in [2.75, 3.05) is 46.1 Å². The number of hydrogen-bond donors (Lipinski definition) is 3. The Kier molecular flexibility index (Phi) is 8.64. The zero-order chi connectivity index (χ0) is 27.6. The minimum absolute atomic E-state index is 0.0919. The third kappa shape index (κ3) is 6.47. The zero-order valence-electron chi connectivity index (χ0n) is 21.1. The number of piperidine rings is 1. The van der Waals surface area contributed by atoms with Crippen LogP contribution < -0.4 is 16.0 Å². The van der Waals surface area contributed by atoms with Crippen LogP contribution in [0.5, 0.6) is 0 Å². The van der Waals surface area contributed by atoms with E-state index < -0.39 is 40.0 Å². The lowest BCUT2D eigenvalue weighted by Gasteiger charge is -2.39. The summed E-state index contributed by atoms with van der Waals surface area (Å²) in [6, 6.07) is 1.46. The second-order valence-electron chi connectivity index (χ2n) is 9.29. The minimum atomic E-state index is -3.77. The van der Waals surface area contributed by atoms with Gasteiger partial charge in [-0.05, 0) is 25.6 Å². The first kappa shape index (κ1) is 28.3. The molecule has 13 nitrogen and oxygen atoms in total. The molecular weight excluding hydrogens is 556 g/mol. The molecule has 2 aromatic heterocycles. The highest BCUT2D eigenvalue weighted by atomic mass is 35.5. The summed E-state index contributed by atoms with van der Waals surface area (Å²) in [6.45, 7) is 1.55. The van der Waals surface area contributed by atoms with Crippen LogP contribution in [0, 0.1) is 0 Å². The summed E-state index contributed by atoms with van der Waals surface area (Å²) in [5.41, 5.74) is 0.885. The van der Waals surface area contributed by atoms with Gasteiger partial charge in [-0.25, -0.2) is 9.97 Å². The number of thiazole rings is 1. The van der Waals surface area contributed by atoms with Crippen molar-refractivity contribution in [1.82, 2.24) is 34.1 Å². The Morgan fingerprint density at radius 3 is 2.58 bits per heavy atom. The highest BCUT2D eigenvalue weighted by Crippen LogP contribution is 2.25. The van der Waals surface area contributed by atoms with Gasteiger partial charge in [-0.3, -0.25) is 14.4 Å². The van der Waals surface area contributed by atoms with Crippen molar-refractivity contribution in [2.45, 2.75) is 31.5 Å². The van der Waals surface area contributed by atoms with Crippen LogP contribution in [0.15, 0.2) is 18.3 Å². The van der Waals surface area contributed by atoms with E-state index in [1.165, 1.54) is 48.1 Å². The number of fused-ring (bicyclic) bond motifs is 1. The van der Waals surface area contributed by atoms with Crippen LogP contribution in [0.1, 0.15) is 26.8 Å². The molecular formula is C22H29ClN8O5S2. The van der Waals surface area contributed by atoms with E-state index in [1.807, 2.05) is 7.05 Å². The number of hydrogen-bond acceptors (Lipinski definition) is 9. The molecule has 2 aliphatic heterocycles. The summed E-state index contributed by atoms with van der Waals surface area (Å²) in [6.07, 6.45) is 2.25. The fourth-order valence-corrected chi connectivity index (χ4v) is 6.54. The number of aromatic nitrogens is 2. The number of carbonyl (C=O) groups excluding carboxylic acids is 3. The Hall–Kier alpha value is -2.69. The zero-order valence-corrected chi connectivity index (χ0v) is 23.5. The van der Waals surface area contributed by atoms with E-state index in [0.29, 0.717) is 11.6 Å². The van der Waals surface area contributed by atoms with Gasteiger partial charge in [0.1, 0.15) is 5.82 Å². The predicted octanol–water partition coefficient (Wildman–Crippen LogP) is -0.0866. The van der Waals surface area contributed by atoms with E-state index >= 15 is 0 Å². The van der Waals surface area contributed by atoms with Gasteiger partial charge in [-0.15, -0.1) is 11.3 Å². The van der Waals surface area contributed by atoms with Crippen LogP contribution in [0.3, 0.4) is 0 Å². The predicted molar refractivity (Wildman–Crippen MR) is 142 cm³/mol. The molecule has 2 aromatic rings. The summed E-state index contributed by atoms with van der Waals surface area (Å²) in [5, 5.41) is 8.51. The number of pyridine rings is 1. The first-order chi connectivity index (χ1) is 17.9. The summed E-state index contributed by atoms with van der Waals surface area (Å²) in [7, 11) is 1.07. The lowest BCUT2D eigenvalue weighted by molar-refractivity contribution is -0.136. The maximum Gasteiger partial charge on any atom is 0.314 e. The first-order valence-electron chi connectivity index (χ1n) is 11.8. The summed E-state index contributed by atoms with van der Waals surface area (Å²) in [5.74, 6) is -2.22. The van der Waals surface area contributed by atoms with E-state index in [4.69, 9.17) is 11.6 Å². The van der Waals surface area contributed by atoms with Gasteiger partial charge in [0.25, 0.3) is 16.1 Å². The highest BCUT2D eigenvalue weighted by molar-refractivity contribution is 7.86. The highest BCUT2D eigenvalue weighted by Gasteiger charge is 2.38. The molecule has 3 N–H and O–H groups in total. The lowest BCUT2D eigenvalue weighted by Crippen LogP contribution is -2.63. The van der Waals surface area contributed by atoms with Crippen molar-refractivity contribution in [2.24, 2.45) is 0 Å². The molecule has 0 spiro atoms. The fraction of sp³-hybridized carbons (Fsp3) is 0.500.